The van der Waals surface area contributed by atoms with E-state index in [0.29, 0.717) is 5.95 Å². The van der Waals surface area contributed by atoms with Gasteiger partial charge in [-0.2, -0.15) is 5.26 Å². The Balaban J connectivity index is 1.81. The molecule has 0 saturated carbocycles. The second-order valence-electron chi connectivity index (χ2n) is 6.34. The molecule has 4 rings (SSSR count). The zero-order valence-electron chi connectivity index (χ0n) is 14.4. The van der Waals surface area contributed by atoms with E-state index in [9.17, 15) is 5.26 Å². The van der Waals surface area contributed by atoms with Gasteiger partial charge >= 0.3 is 0 Å². The van der Waals surface area contributed by atoms with Gasteiger partial charge in [-0.3, -0.25) is 0 Å². The smallest absolute Gasteiger partial charge is 0.227 e. The maximum absolute atomic E-state index is 9.50. The Bertz CT molecular complexity index is 1030. The van der Waals surface area contributed by atoms with Gasteiger partial charge in [-0.25, -0.2) is 9.97 Å². The lowest BCUT2D eigenvalue weighted by atomic mass is 9.91. The van der Waals surface area contributed by atoms with Crippen molar-refractivity contribution >= 4 is 40.6 Å². The Labute approximate surface area is 161 Å². The van der Waals surface area contributed by atoms with Gasteiger partial charge in [0.1, 0.15) is 15.9 Å². The summed E-state index contributed by atoms with van der Waals surface area (Å²) in [5.41, 5.74) is 5.12. The third-order valence-electron chi connectivity index (χ3n) is 4.34. The number of hydrogen-bond acceptors (Lipinski definition) is 7. The van der Waals surface area contributed by atoms with Crippen molar-refractivity contribution in [2.24, 2.45) is 0 Å². The first-order valence-electron chi connectivity index (χ1n) is 8.22. The fourth-order valence-corrected chi connectivity index (χ4v) is 4.47. The van der Waals surface area contributed by atoms with Crippen LogP contribution in [0.25, 0.3) is 11.3 Å². The molecule has 2 heterocycles. The Hall–Kier alpha value is -2.56. The number of benzene rings is 1. The van der Waals surface area contributed by atoms with Crippen molar-refractivity contribution < 1.29 is 0 Å². The summed E-state index contributed by atoms with van der Waals surface area (Å²) >= 11 is 5.90. The first kappa shape index (κ1) is 16.9. The first-order valence-corrected chi connectivity index (χ1v) is 9.48. The van der Waals surface area contributed by atoms with Gasteiger partial charge in [0.15, 0.2) is 0 Å². The largest absolute Gasteiger partial charge is 0.369 e. The van der Waals surface area contributed by atoms with E-state index in [1.807, 2.05) is 44.6 Å². The monoisotopic (exact) mass is 379 g/mol. The number of hydrogen-bond donors (Lipinski definition) is 2. The Morgan fingerprint density at radius 1 is 1.31 bits per heavy atom. The summed E-state index contributed by atoms with van der Waals surface area (Å²) in [6.07, 6.45) is 3.60. The molecule has 0 fully saturated rings. The van der Waals surface area contributed by atoms with Crippen molar-refractivity contribution in [1.82, 2.24) is 9.97 Å². The van der Waals surface area contributed by atoms with Crippen molar-refractivity contribution in [3.63, 3.8) is 0 Å². The van der Waals surface area contributed by atoms with Gasteiger partial charge in [0.2, 0.25) is 5.95 Å². The molecule has 0 radical (unpaired) electrons. The van der Waals surface area contributed by atoms with E-state index in [2.05, 4.69) is 33.9 Å². The molecule has 26 heavy (non-hydrogen) atoms. The maximum atomic E-state index is 9.50. The highest BCUT2D eigenvalue weighted by Gasteiger charge is 2.28. The Morgan fingerprint density at radius 2 is 2.15 bits per heavy atom. The number of aromatic nitrogens is 2. The molecule has 1 N–H and O–H groups in total. The highest BCUT2D eigenvalue weighted by molar-refractivity contribution is 7.80. The molecule has 1 aliphatic carbocycles. The minimum absolute atomic E-state index is 0.546. The van der Waals surface area contributed by atoms with Crippen molar-refractivity contribution in [3.05, 3.63) is 46.5 Å². The lowest BCUT2D eigenvalue weighted by molar-refractivity contribution is 0.914. The number of rotatable bonds is 3. The minimum atomic E-state index is 0.546. The van der Waals surface area contributed by atoms with Crippen LogP contribution < -0.4 is 10.2 Å². The third-order valence-corrected chi connectivity index (χ3v) is 5.93. The van der Waals surface area contributed by atoms with Crippen molar-refractivity contribution in [2.75, 3.05) is 24.3 Å². The number of nitrogens with one attached hydrogen (secondary N) is 1. The molecule has 1 aliphatic rings. The van der Waals surface area contributed by atoms with Crippen molar-refractivity contribution in [3.8, 4) is 17.3 Å². The summed E-state index contributed by atoms with van der Waals surface area (Å²) in [6.45, 7) is 0. The van der Waals surface area contributed by atoms with E-state index in [-0.39, 0.29) is 0 Å². The second kappa shape index (κ2) is 6.63. The van der Waals surface area contributed by atoms with Crippen LogP contribution in [0.5, 0.6) is 0 Å². The van der Waals surface area contributed by atoms with Crippen LogP contribution in [-0.4, -0.2) is 24.1 Å². The van der Waals surface area contributed by atoms with Gasteiger partial charge in [0.05, 0.1) is 5.69 Å². The number of nitriles is 1. The molecule has 130 valence electrons. The first-order chi connectivity index (χ1) is 12.6. The average molecular weight is 380 g/mol. The molecule has 0 aliphatic heterocycles. The van der Waals surface area contributed by atoms with E-state index < -0.39 is 0 Å². The quantitative estimate of drug-likeness (QED) is 0.665. The molecule has 0 spiro atoms. The van der Waals surface area contributed by atoms with Gasteiger partial charge in [0, 0.05) is 36.4 Å². The van der Waals surface area contributed by atoms with Crippen LogP contribution in [0.4, 0.5) is 16.6 Å². The van der Waals surface area contributed by atoms with Crippen molar-refractivity contribution in [2.45, 2.75) is 17.7 Å². The number of aryl methyl sites for hydroxylation is 1. The van der Waals surface area contributed by atoms with Crippen LogP contribution in [0.3, 0.4) is 0 Å². The van der Waals surface area contributed by atoms with E-state index in [1.54, 1.807) is 0 Å². The van der Waals surface area contributed by atoms with Crippen LogP contribution in [0.1, 0.15) is 16.0 Å². The average Bonchev–Trinajstić information content (AvgIpc) is 3.01. The molecule has 0 bridgehead atoms. The second-order valence-corrected chi connectivity index (χ2v) is 7.85. The van der Waals surface area contributed by atoms with Crippen molar-refractivity contribution in [1.29, 1.82) is 5.26 Å². The highest BCUT2D eigenvalue weighted by atomic mass is 32.1. The minimum Gasteiger partial charge on any atom is -0.369 e. The molecule has 5 nitrogen and oxygen atoms in total. The Morgan fingerprint density at radius 3 is 2.88 bits per heavy atom. The summed E-state index contributed by atoms with van der Waals surface area (Å²) in [7, 11) is 4.00. The highest BCUT2D eigenvalue weighted by Crippen LogP contribution is 2.46. The number of thiol groups is 1. The summed E-state index contributed by atoms with van der Waals surface area (Å²) in [6, 6.07) is 10.1. The van der Waals surface area contributed by atoms with E-state index in [0.717, 1.165) is 55.7 Å². The summed E-state index contributed by atoms with van der Waals surface area (Å²) in [5.74, 6) is 0.546. The van der Waals surface area contributed by atoms with E-state index in [4.69, 9.17) is 4.98 Å². The topological polar surface area (TPSA) is 64.8 Å². The molecule has 2 aromatic heterocycles. The molecule has 0 saturated heterocycles. The number of anilines is 3. The van der Waals surface area contributed by atoms with Crippen LogP contribution in [0, 0.1) is 11.3 Å². The van der Waals surface area contributed by atoms with Crippen LogP contribution in [0.2, 0.25) is 0 Å². The van der Waals surface area contributed by atoms with Gasteiger partial charge in [0.25, 0.3) is 0 Å². The summed E-state index contributed by atoms with van der Waals surface area (Å²) in [5, 5.41) is 13.8. The standard InChI is InChI=1S/C19H17N5S2/c1-24(2)18-16-14(15(9-20)26-18)7-6-11-10-21-19(23-17(11)16)22-12-4-3-5-13(25)8-12/h3-5,8,10,25H,6-7H2,1-2H3,(H,21,22,23). The third kappa shape index (κ3) is 2.91. The maximum Gasteiger partial charge on any atom is 0.227 e. The van der Waals surface area contributed by atoms with Gasteiger partial charge in [-0.1, -0.05) is 6.07 Å². The van der Waals surface area contributed by atoms with Crippen LogP contribution in [0.15, 0.2) is 35.4 Å². The molecule has 0 atom stereocenters. The van der Waals surface area contributed by atoms with Gasteiger partial charge in [-0.15, -0.1) is 24.0 Å². The predicted octanol–water partition coefficient (Wildman–Crippen LogP) is 4.27. The Kier molecular flexibility index (Phi) is 4.31. The lowest BCUT2D eigenvalue weighted by Crippen LogP contribution is -2.12. The van der Waals surface area contributed by atoms with E-state index in [1.165, 1.54) is 11.3 Å². The normalized spacial score (nSPS) is 12.1. The number of nitrogens with zero attached hydrogens (tertiary/aromatic N) is 4. The molecule has 3 aromatic rings. The molecule has 1 aromatic carbocycles. The predicted molar refractivity (Wildman–Crippen MR) is 109 cm³/mol. The van der Waals surface area contributed by atoms with E-state index >= 15 is 0 Å². The molecule has 0 amide bonds. The van der Waals surface area contributed by atoms with Gasteiger partial charge < -0.3 is 10.2 Å². The van der Waals surface area contributed by atoms with Crippen LogP contribution in [-0.2, 0) is 12.8 Å². The zero-order chi connectivity index (χ0) is 18.3. The molecular weight excluding hydrogens is 362 g/mol. The lowest BCUT2D eigenvalue weighted by Gasteiger charge is -2.20. The summed E-state index contributed by atoms with van der Waals surface area (Å²) in [4.78, 5) is 13.0. The van der Waals surface area contributed by atoms with Gasteiger partial charge in [-0.05, 0) is 42.2 Å². The number of fused-ring (bicyclic) bond motifs is 3. The zero-order valence-corrected chi connectivity index (χ0v) is 16.2. The fraction of sp³-hybridized carbons (Fsp3) is 0.211. The fourth-order valence-electron chi connectivity index (χ4n) is 3.18. The molecule has 7 heteroatoms. The van der Waals surface area contributed by atoms with Crippen LogP contribution >= 0.6 is 24.0 Å². The SMILES string of the molecule is CN(C)c1sc(C#N)c2c1-c1nc(Nc3cccc(S)c3)ncc1CC2. The molecule has 0 unspecified atom stereocenters. The molecular formula is C19H17N5S2. The number of thiophene rings is 1. The summed E-state index contributed by atoms with van der Waals surface area (Å²) < 4.78 is 0.